The lowest BCUT2D eigenvalue weighted by molar-refractivity contribution is 0.232. The molecule has 0 atom stereocenters. The molecule has 5 nitrogen and oxygen atoms in total. The van der Waals surface area contributed by atoms with Crippen molar-refractivity contribution in [3.05, 3.63) is 29.8 Å². The van der Waals surface area contributed by atoms with Gasteiger partial charge < -0.3 is 20.3 Å². The molecule has 2 rings (SSSR count). The molecule has 1 fully saturated rings. The van der Waals surface area contributed by atoms with Crippen LogP contribution in [0.3, 0.4) is 0 Å². The minimum atomic E-state index is 0.620. The molecule has 0 bridgehead atoms. The Kier molecular flexibility index (Phi) is 8.46. The number of piperidine rings is 1. The highest BCUT2D eigenvalue weighted by Gasteiger charge is 2.09. The van der Waals surface area contributed by atoms with Crippen molar-refractivity contribution in [2.75, 3.05) is 39.3 Å². The molecule has 5 heteroatoms. The summed E-state index contributed by atoms with van der Waals surface area (Å²) in [5.74, 6) is 1.80. The SMILES string of the molecule is CCNC(=NCc1ccccc1OCC)NCCN1CCCCC1. The van der Waals surface area contributed by atoms with E-state index in [-0.39, 0.29) is 0 Å². The zero-order valence-electron chi connectivity index (χ0n) is 15.2. The topological polar surface area (TPSA) is 48.9 Å². The minimum Gasteiger partial charge on any atom is -0.494 e. The second-order valence-electron chi connectivity index (χ2n) is 6.06. The van der Waals surface area contributed by atoms with Crippen LogP contribution >= 0.6 is 0 Å². The molecule has 134 valence electrons. The number of nitrogens with zero attached hydrogens (tertiary/aromatic N) is 2. The summed E-state index contributed by atoms with van der Waals surface area (Å²) >= 11 is 0. The number of hydrogen-bond acceptors (Lipinski definition) is 3. The highest BCUT2D eigenvalue weighted by atomic mass is 16.5. The third kappa shape index (κ3) is 6.40. The predicted molar refractivity (Wildman–Crippen MR) is 101 cm³/mol. The van der Waals surface area contributed by atoms with Gasteiger partial charge in [-0.3, -0.25) is 0 Å². The number of guanidine groups is 1. The lowest BCUT2D eigenvalue weighted by Gasteiger charge is -2.26. The fourth-order valence-corrected chi connectivity index (χ4v) is 2.95. The maximum atomic E-state index is 5.67. The average molecular weight is 332 g/mol. The zero-order chi connectivity index (χ0) is 17.0. The molecule has 1 saturated heterocycles. The van der Waals surface area contributed by atoms with Crippen LogP contribution in [0.2, 0.25) is 0 Å². The Hall–Kier alpha value is -1.75. The van der Waals surface area contributed by atoms with E-state index in [0.29, 0.717) is 13.2 Å². The number of likely N-dealkylation sites (tertiary alicyclic amines) is 1. The van der Waals surface area contributed by atoms with Gasteiger partial charge in [-0.15, -0.1) is 0 Å². The van der Waals surface area contributed by atoms with Crippen LogP contribution in [0.4, 0.5) is 0 Å². The van der Waals surface area contributed by atoms with E-state index < -0.39 is 0 Å². The number of hydrogen-bond donors (Lipinski definition) is 2. The Morgan fingerprint density at radius 3 is 2.67 bits per heavy atom. The number of aliphatic imine (C=N–C) groups is 1. The summed E-state index contributed by atoms with van der Waals surface area (Å²) in [4.78, 5) is 7.24. The summed E-state index contributed by atoms with van der Waals surface area (Å²) < 4.78 is 5.67. The monoisotopic (exact) mass is 332 g/mol. The van der Waals surface area contributed by atoms with E-state index in [4.69, 9.17) is 9.73 Å². The number of para-hydroxylation sites is 1. The number of rotatable bonds is 8. The molecule has 1 aromatic carbocycles. The van der Waals surface area contributed by atoms with Crippen LogP contribution in [-0.2, 0) is 6.54 Å². The fraction of sp³-hybridized carbons (Fsp3) is 0.632. The minimum absolute atomic E-state index is 0.620. The average Bonchev–Trinajstić information content (AvgIpc) is 2.62. The van der Waals surface area contributed by atoms with Gasteiger partial charge in [0.2, 0.25) is 0 Å². The standard InChI is InChI=1S/C19H32N4O/c1-3-20-19(21-12-15-23-13-8-5-9-14-23)22-16-17-10-6-7-11-18(17)24-4-2/h6-7,10-11H,3-5,8-9,12-16H2,1-2H3,(H2,20,21,22). The molecule has 24 heavy (non-hydrogen) atoms. The fourth-order valence-electron chi connectivity index (χ4n) is 2.95. The quantitative estimate of drug-likeness (QED) is 0.567. The van der Waals surface area contributed by atoms with E-state index in [1.807, 2.05) is 25.1 Å². The third-order valence-corrected chi connectivity index (χ3v) is 4.19. The summed E-state index contributed by atoms with van der Waals surface area (Å²) in [7, 11) is 0. The van der Waals surface area contributed by atoms with E-state index in [9.17, 15) is 0 Å². The molecule has 1 aliphatic heterocycles. The molecule has 0 saturated carbocycles. The lowest BCUT2D eigenvalue weighted by Crippen LogP contribution is -2.42. The Labute approximate surface area is 146 Å². The van der Waals surface area contributed by atoms with Gasteiger partial charge in [0.1, 0.15) is 5.75 Å². The molecule has 0 radical (unpaired) electrons. The van der Waals surface area contributed by atoms with E-state index in [0.717, 1.165) is 36.9 Å². The first kappa shape index (κ1) is 18.6. The van der Waals surface area contributed by atoms with Crippen LogP contribution in [0.5, 0.6) is 5.75 Å². The van der Waals surface area contributed by atoms with Crippen molar-refractivity contribution in [2.45, 2.75) is 39.7 Å². The van der Waals surface area contributed by atoms with Crippen molar-refractivity contribution in [1.29, 1.82) is 0 Å². The van der Waals surface area contributed by atoms with E-state index in [1.54, 1.807) is 0 Å². The van der Waals surface area contributed by atoms with E-state index >= 15 is 0 Å². The summed E-state index contributed by atoms with van der Waals surface area (Å²) in [5, 5.41) is 6.77. The Balaban J connectivity index is 1.85. The first-order valence-electron chi connectivity index (χ1n) is 9.28. The molecule has 1 aliphatic rings. The normalized spacial score (nSPS) is 16.0. The molecular formula is C19H32N4O. The predicted octanol–water partition coefficient (Wildman–Crippen LogP) is 2.63. The van der Waals surface area contributed by atoms with Crippen molar-refractivity contribution in [1.82, 2.24) is 15.5 Å². The van der Waals surface area contributed by atoms with E-state index in [1.165, 1.54) is 32.4 Å². The van der Waals surface area contributed by atoms with Crippen LogP contribution in [0.1, 0.15) is 38.7 Å². The molecule has 2 N–H and O–H groups in total. The first-order chi connectivity index (χ1) is 11.8. The highest BCUT2D eigenvalue weighted by molar-refractivity contribution is 5.79. The van der Waals surface area contributed by atoms with Crippen molar-refractivity contribution < 1.29 is 4.74 Å². The van der Waals surface area contributed by atoms with Gasteiger partial charge in [-0.1, -0.05) is 24.6 Å². The van der Waals surface area contributed by atoms with Gasteiger partial charge in [0, 0.05) is 25.2 Å². The van der Waals surface area contributed by atoms with E-state index in [2.05, 4.69) is 28.5 Å². The molecule has 0 aliphatic carbocycles. The third-order valence-electron chi connectivity index (χ3n) is 4.19. The molecule has 0 spiro atoms. The molecule has 0 unspecified atom stereocenters. The first-order valence-corrected chi connectivity index (χ1v) is 9.28. The van der Waals surface area contributed by atoms with Gasteiger partial charge in [-0.2, -0.15) is 0 Å². The largest absolute Gasteiger partial charge is 0.494 e. The Morgan fingerprint density at radius 2 is 1.92 bits per heavy atom. The van der Waals surface area contributed by atoms with Crippen LogP contribution < -0.4 is 15.4 Å². The summed E-state index contributed by atoms with van der Waals surface area (Å²) in [6.45, 7) is 10.7. The maximum absolute atomic E-state index is 5.67. The van der Waals surface area contributed by atoms with Gasteiger partial charge in [-0.25, -0.2) is 4.99 Å². The molecule has 0 amide bonds. The molecule has 1 heterocycles. The molecular weight excluding hydrogens is 300 g/mol. The zero-order valence-corrected chi connectivity index (χ0v) is 15.2. The van der Waals surface area contributed by atoms with Crippen LogP contribution in [0.15, 0.2) is 29.3 Å². The summed E-state index contributed by atoms with van der Waals surface area (Å²) in [6, 6.07) is 8.11. The Bertz CT molecular complexity index is 498. The van der Waals surface area contributed by atoms with Crippen molar-refractivity contribution >= 4 is 5.96 Å². The van der Waals surface area contributed by atoms with Gasteiger partial charge in [0.25, 0.3) is 0 Å². The highest BCUT2D eigenvalue weighted by Crippen LogP contribution is 2.18. The van der Waals surface area contributed by atoms with Crippen LogP contribution in [0.25, 0.3) is 0 Å². The lowest BCUT2D eigenvalue weighted by atomic mass is 10.1. The smallest absolute Gasteiger partial charge is 0.191 e. The number of nitrogens with one attached hydrogen (secondary N) is 2. The molecule has 0 aromatic heterocycles. The maximum Gasteiger partial charge on any atom is 0.191 e. The second-order valence-corrected chi connectivity index (χ2v) is 6.06. The number of benzene rings is 1. The van der Waals surface area contributed by atoms with Crippen LogP contribution in [0, 0.1) is 0 Å². The van der Waals surface area contributed by atoms with Crippen LogP contribution in [-0.4, -0.2) is 50.2 Å². The molecule has 1 aromatic rings. The van der Waals surface area contributed by atoms with Gasteiger partial charge >= 0.3 is 0 Å². The van der Waals surface area contributed by atoms with Crippen molar-refractivity contribution in [3.8, 4) is 5.75 Å². The Morgan fingerprint density at radius 1 is 1.12 bits per heavy atom. The second kappa shape index (κ2) is 10.9. The number of ether oxygens (including phenoxy) is 1. The van der Waals surface area contributed by atoms with Crippen molar-refractivity contribution in [3.63, 3.8) is 0 Å². The van der Waals surface area contributed by atoms with Crippen molar-refractivity contribution in [2.24, 2.45) is 4.99 Å². The van der Waals surface area contributed by atoms with Gasteiger partial charge in [0.05, 0.1) is 13.2 Å². The van der Waals surface area contributed by atoms with Gasteiger partial charge in [-0.05, 0) is 45.8 Å². The van der Waals surface area contributed by atoms with Gasteiger partial charge in [0.15, 0.2) is 5.96 Å². The summed E-state index contributed by atoms with van der Waals surface area (Å²) in [5.41, 5.74) is 1.12. The summed E-state index contributed by atoms with van der Waals surface area (Å²) in [6.07, 6.45) is 4.05.